The summed E-state index contributed by atoms with van der Waals surface area (Å²) in [6.07, 6.45) is -17.0. The van der Waals surface area contributed by atoms with Gasteiger partial charge >= 0.3 is 17.9 Å². The van der Waals surface area contributed by atoms with Crippen LogP contribution in [0, 0.1) is 0 Å². The van der Waals surface area contributed by atoms with Crippen molar-refractivity contribution in [2.75, 3.05) is 27.4 Å². The largest absolute Gasteiger partial charge is 0.467 e. The van der Waals surface area contributed by atoms with E-state index in [1.807, 2.05) is 121 Å². The third-order valence-electron chi connectivity index (χ3n) is 13.2. The molecular weight excluding hydrogens is 1010 g/mol. The maximum atomic E-state index is 14.0. The highest BCUT2D eigenvalue weighted by Gasteiger charge is 2.61. The first-order valence-corrected chi connectivity index (χ1v) is 25.8. The number of carbonyl (C=O) groups excluding carboxylic acids is 4. The Morgan fingerprint density at radius 1 is 0.564 bits per heavy atom. The predicted molar refractivity (Wildman–Crippen MR) is 274 cm³/mol. The molecule has 8 rings (SSSR count). The van der Waals surface area contributed by atoms with E-state index in [0.29, 0.717) is 0 Å². The van der Waals surface area contributed by atoms with Crippen LogP contribution in [-0.2, 0) is 117 Å². The van der Waals surface area contributed by atoms with Crippen molar-refractivity contribution in [3.05, 3.63) is 156 Å². The topological polar surface area (TPSA) is 219 Å². The zero-order valence-electron chi connectivity index (χ0n) is 44.5. The van der Waals surface area contributed by atoms with Crippen LogP contribution in [-0.4, -0.2) is 149 Å². The summed E-state index contributed by atoms with van der Waals surface area (Å²) in [5.74, 6) is -4.12. The average Bonchev–Trinajstić information content (AvgIpc) is 3.97. The summed E-state index contributed by atoms with van der Waals surface area (Å²) < 4.78 is 96.0. The Kier molecular flexibility index (Phi) is 20.7. The van der Waals surface area contributed by atoms with E-state index in [4.69, 9.17) is 71.1 Å². The van der Waals surface area contributed by atoms with Crippen molar-refractivity contribution in [3.63, 3.8) is 0 Å². The van der Waals surface area contributed by atoms with Gasteiger partial charge in [-0.15, -0.1) is 6.58 Å². The van der Waals surface area contributed by atoms with Gasteiger partial charge in [0.25, 0.3) is 0 Å². The number of amides is 1. The standard InChI is InChI=1S/C58H69NO19/c1-8-29-67-45-46(69-32-39-25-17-11-18-26-39)51(71-36(3)61)56(75-49(45)53(62)64-6)73-43-41(34-66-30-37-21-13-9-14-22-37)72-55(42(59-35(2)60)44(43)68-31-38-23-15-10-16-24-38)74-48-47(70-33-40-27-19-12-20-28-40)52-57(78-58(4,5)77-52)76-50(48)54(63)65-7/h8-28,41-52,55-57H,1,29-34H2,2-7H3,(H,59,60)/t41-,42-,43-,44-,45+,46+,47+,48+,49-,50+,51-,52-,55-,56-,57-/m1/s1. The molecule has 78 heavy (non-hydrogen) atoms. The predicted octanol–water partition coefficient (Wildman–Crippen LogP) is 5.41. The first-order chi connectivity index (χ1) is 37.7. The van der Waals surface area contributed by atoms with Crippen molar-refractivity contribution < 1.29 is 90.2 Å². The maximum Gasteiger partial charge on any atom is 0.337 e. The molecule has 0 radical (unpaired) electrons. The van der Waals surface area contributed by atoms with Crippen LogP contribution in [0.1, 0.15) is 49.9 Å². The monoisotopic (exact) mass is 1080 g/mol. The fourth-order valence-electron chi connectivity index (χ4n) is 9.79. The Hall–Kier alpha value is -5.98. The minimum absolute atomic E-state index is 0.0173. The van der Waals surface area contributed by atoms with E-state index in [2.05, 4.69) is 11.9 Å². The smallest absolute Gasteiger partial charge is 0.337 e. The summed E-state index contributed by atoms with van der Waals surface area (Å²) in [4.78, 5) is 54.7. The number of ether oxygens (including phenoxy) is 15. The fourth-order valence-corrected chi connectivity index (χ4v) is 9.79. The van der Waals surface area contributed by atoms with Crippen molar-refractivity contribution in [3.8, 4) is 0 Å². The van der Waals surface area contributed by atoms with Gasteiger partial charge in [-0.1, -0.05) is 127 Å². The van der Waals surface area contributed by atoms with Gasteiger partial charge in [0.1, 0.15) is 54.9 Å². The number of hydrogen-bond acceptors (Lipinski definition) is 19. The normalized spacial score (nSPS) is 30.3. The van der Waals surface area contributed by atoms with E-state index >= 15 is 0 Å². The third kappa shape index (κ3) is 15.0. The van der Waals surface area contributed by atoms with E-state index in [0.717, 1.165) is 22.3 Å². The van der Waals surface area contributed by atoms with E-state index in [1.165, 1.54) is 34.1 Å². The lowest BCUT2D eigenvalue weighted by Gasteiger charge is -2.51. The first kappa shape index (κ1) is 58.2. The molecule has 20 heteroatoms. The lowest BCUT2D eigenvalue weighted by atomic mass is 9.93. The first-order valence-electron chi connectivity index (χ1n) is 25.8. The molecule has 1 amide bonds. The highest BCUT2D eigenvalue weighted by atomic mass is 16.8. The Labute approximate surface area is 453 Å². The van der Waals surface area contributed by atoms with Gasteiger partial charge < -0.3 is 76.4 Å². The molecule has 4 fully saturated rings. The summed E-state index contributed by atoms with van der Waals surface area (Å²) in [7, 11) is 2.40. The molecule has 0 spiro atoms. The Morgan fingerprint density at radius 3 is 1.58 bits per heavy atom. The SMILES string of the molecule is C=CCO[C@H]1[C@H](OCc2ccccc2)[C@@H](OC(C)=O)[C@H](O[C@H]2[C@H](OCc3ccccc3)[C@@H](NC(C)=O)[C@@H](O[C@H]3[C@H](OCc4ccccc4)[C@H]4OC(C)(C)O[C@H]4O[C@@H]3C(=O)OC)O[C@@H]2COCc2ccccc2)O[C@H]1C(=O)OC. The zero-order chi connectivity index (χ0) is 55.2. The molecule has 4 heterocycles. The highest BCUT2D eigenvalue weighted by molar-refractivity contribution is 5.76. The van der Waals surface area contributed by atoms with E-state index in [9.17, 15) is 19.2 Å². The number of carbonyl (C=O) groups is 4. The number of methoxy groups -OCH3 is 2. The minimum atomic E-state index is -1.66. The molecule has 0 aliphatic carbocycles. The second-order valence-electron chi connectivity index (χ2n) is 19.4. The molecule has 1 N–H and O–H groups in total. The van der Waals surface area contributed by atoms with E-state index in [-0.39, 0.29) is 39.6 Å². The molecule has 4 aromatic carbocycles. The summed E-state index contributed by atoms with van der Waals surface area (Å²) >= 11 is 0. The van der Waals surface area contributed by atoms with Gasteiger partial charge in [0, 0.05) is 13.8 Å². The lowest BCUT2D eigenvalue weighted by molar-refractivity contribution is -0.365. The summed E-state index contributed by atoms with van der Waals surface area (Å²) in [5, 5.41) is 2.98. The number of benzene rings is 4. The molecule has 4 aromatic rings. The second kappa shape index (κ2) is 27.7. The van der Waals surface area contributed by atoms with Crippen molar-refractivity contribution in [2.45, 2.75) is 152 Å². The Morgan fingerprint density at radius 2 is 1.06 bits per heavy atom. The van der Waals surface area contributed by atoms with Gasteiger partial charge in [-0.3, -0.25) is 9.59 Å². The van der Waals surface area contributed by atoms with Crippen molar-refractivity contribution in [1.29, 1.82) is 0 Å². The fraction of sp³-hybridized carbons (Fsp3) is 0.483. The van der Waals surface area contributed by atoms with Crippen LogP contribution in [0.5, 0.6) is 0 Å². The van der Waals surface area contributed by atoms with Gasteiger partial charge in [-0.2, -0.15) is 0 Å². The number of rotatable bonds is 24. The number of hydrogen-bond donors (Lipinski definition) is 1. The Balaban J connectivity index is 1.23. The number of fused-ring (bicyclic) bond motifs is 1. The molecule has 4 aliphatic rings. The van der Waals surface area contributed by atoms with Gasteiger partial charge in [0.05, 0.1) is 53.9 Å². The van der Waals surface area contributed by atoms with Crippen LogP contribution in [0.15, 0.2) is 134 Å². The summed E-state index contributed by atoms with van der Waals surface area (Å²) in [5.41, 5.74) is 3.13. The van der Waals surface area contributed by atoms with E-state index in [1.54, 1.807) is 13.8 Å². The molecular formula is C58H69NO19. The van der Waals surface area contributed by atoms with Gasteiger partial charge in [0.2, 0.25) is 5.91 Å². The van der Waals surface area contributed by atoms with Crippen LogP contribution in [0.4, 0.5) is 0 Å². The van der Waals surface area contributed by atoms with E-state index < -0.39 is 122 Å². The molecule has 4 aliphatic heterocycles. The number of nitrogens with one attached hydrogen (secondary N) is 1. The van der Waals surface area contributed by atoms with Crippen LogP contribution in [0.25, 0.3) is 0 Å². The summed E-state index contributed by atoms with van der Waals surface area (Å²) in [6, 6.07) is 36.0. The van der Waals surface area contributed by atoms with Crippen LogP contribution in [0.3, 0.4) is 0 Å². The molecule has 20 nitrogen and oxygen atoms in total. The molecule has 0 saturated carbocycles. The van der Waals surface area contributed by atoms with Gasteiger partial charge in [-0.05, 0) is 36.1 Å². The molecule has 0 aromatic heterocycles. The molecule has 15 atom stereocenters. The maximum absolute atomic E-state index is 14.0. The third-order valence-corrected chi connectivity index (χ3v) is 13.2. The van der Waals surface area contributed by atoms with Gasteiger partial charge in [0.15, 0.2) is 43.0 Å². The molecule has 0 bridgehead atoms. The van der Waals surface area contributed by atoms with Crippen LogP contribution < -0.4 is 5.32 Å². The van der Waals surface area contributed by atoms with Crippen molar-refractivity contribution in [2.24, 2.45) is 0 Å². The number of esters is 3. The summed E-state index contributed by atoms with van der Waals surface area (Å²) in [6.45, 7) is 9.51. The van der Waals surface area contributed by atoms with Crippen molar-refractivity contribution in [1.82, 2.24) is 5.32 Å². The zero-order valence-corrected chi connectivity index (χ0v) is 44.5. The van der Waals surface area contributed by atoms with Crippen LogP contribution >= 0.6 is 0 Å². The van der Waals surface area contributed by atoms with Crippen molar-refractivity contribution >= 4 is 23.8 Å². The molecule has 4 saturated heterocycles. The van der Waals surface area contributed by atoms with Crippen LogP contribution in [0.2, 0.25) is 0 Å². The molecule has 420 valence electrons. The average molecular weight is 1080 g/mol. The minimum Gasteiger partial charge on any atom is -0.467 e. The van der Waals surface area contributed by atoms with Gasteiger partial charge in [-0.25, -0.2) is 9.59 Å². The second-order valence-corrected chi connectivity index (χ2v) is 19.4. The Bertz CT molecular complexity index is 2540. The lowest BCUT2D eigenvalue weighted by Crippen LogP contribution is -2.70. The quantitative estimate of drug-likeness (QED) is 0.0527. The highest BCUT2D eigenvalue weighted by Crippen LogP contribution is 2.42. The molecule has 0 unspecified atom stereocenters.